The molecule has 3 heteroatoms. The van der Waals surface area contributed by atoms with Gasteiger partial charge in [0.25, 0.3) is 0 Å². The molecule has 3 nitrogen and oxygen atoms in total. The summed E-state index contributed by atoms with van der Waals surface area (Å²) in [7, 11) is 0. The van der Waals surface area contributed by atoms with Crippen molar-refractivity contribution in [3.63, 3.8) is 0 Å². The highest BCUT2D eigenvalue weighted by molar-refractivity contribution is 5.50. The van der Waals surface area contributed by atoms with Gasteiger partial charge in [0, 0.05) is 5.54 Å². The third-order valence-corrected chi connectivity index (χ3v) is 3.50. The van der Waals surface area contributed by atoms with E-state index in [1.807, 2.05) is 6.07 Å². The van der Waals surface area contributed by atoms with E-state index in [9.17, 15) is 0 Å². The Morgan fingerprint density at radius 1 is 1.20 bits per heavy atom. The minimum Gasteiger partial charge on any atom is -0.454 e. The molecule has 1 aliphatic heterocycles. The zero-order chi connectivity index (χ0) is 10.5. The van der Waals surface area contributed by atoms with Gasteiger partial charge in [0.2, 0.25) is 6.79 Å². The summed E-state index contributed by atoms with van der Waals surface area (Å²) in [5.74, 6) is 1.69. The van der Waals surface area contributed by atoms with E-state index >= 15 is 0 Å². The van der Waals surface area contributed by atoms with E-state index in [0.29, 0.717) is 6.79 Å². The van der Waals surface area contributed by atoms with E-state index in [4.69, 9.17) is 15.2 Å². The number of ether oxygens (including phenoxy) is 2. The van der Waals surface area contributed by atoms with Gasteiger partial charge in [0.1, 0.15) is 0 Å². The molecule has 3 rings (SSSR count). The molecule has 2 N–H and O–H groups in total. The van der Waals surface area contributed by atoms with Crippen molar-refractivity contribution in [2.45, 2.75) is 31.7 Å². The van der Waals surface area contributed by atoms with Crippen LogP contribution in [0.4, 0.5) is 0 Å². The van der Waals surface area contributed by atoms with Gasteiger partial charge < -0.3 is 15.2 Å². The lowest BCUT2D eigenvalue weighted by molar-refractivity contribution is 0.173. The Balaban J connectivity index is 2.08. The predicted octanol–water partition coefficient (Wildman–Crippen LogP) is 2.06. The Kier molecular flexibility index (Phi) is 1.74. The van der Waals surface area contributed by atoms with Crippen molar-refractivity contribution in [2.75, 3.05) is 6.79 Å². The number of hydrogen-bond acceptors (Lipinski definition) is 3. The summed E-state index contributed by atoms with van der Waals surface area (Å²) < 4.78 is 10.7. The standard InChI is InChI=1S/C12H15NO2/c1-8-5-10-11(15-7-14-10)6-9(8)12(13)3-2-4-12/h5-6H,2-4,7,13H2,1H3. The second-order valence-corrected chi connectivity index (χ2v) is 4.53. The number of rotatable bonds is 1. The fourth-order valence-electron chi connectivity index (χ4n) is 2.41. The molecule has 0 spiro atoms. The minimum atomic E-state index is -0.120. The molecule has 15 heavy (non-hydrogen) atoms. The van der Waals surface area contributed by atoms with Crippen LogP contribution in [0.3, 0.4) is 0 Å². The Labute approximate surface area is 89.2 Å². The molecule has 0 unspecified atom stereocenters. The Bertz CT molecular complexity index is 410. The van der Waals surface area contributed by atoms with Gasteiger partial charge in [0.15, 0.2) is 11.5 Å². The van der Waals surface area contributed by atoms with E-state index in [1.165, 1.54) is 17.5 Å². The summed E-state index contributed by atoms with van der Waals surface area (Å²) in [5.41, 5.74) is 8.63. The van der Waals surface area contributed by atoms with Crippen molar-refractivity contribution in [3.05, 3.63) is 23.3 Å². The second kappa shape index (κ2) is 2.89. The van der Waals surface area contributed by atoms with Crippen molar-refractivity contribution in [1.82, 2.24) is 0 Å². The van der Waals surface area contributed by atoms with Crippen LogP contribution in [0.5, 0.6) is 11.5 Å². The zero-order valence-corrected chi connectivity index (χ0v) is 8.88. The molecule has 2 aliphatic rings. The van der Waals surface area contributed by atoms with E-state index in [1.54, 1.807) is 0 Å². The van der Waals surface area contributed by atoms with Crippen molar-refractivity contribution in [1.29, 1.82) is 0 Å². The highest BCUT2D eigenvalue weighted by atomic mass is 16.7. The molecule has 0 atom stereocenters. The molecule has 1 saturated carbocycles. The largest absolute Gasteiger partial charge is 0.454 e. The molecule has 1 aliphatic carbocycles. The number of fused-ring (bicyclic) bond motifs is 1. The van der Waals surface area contributed by atoms with Gasteiger partial charge >= 0.3 is 0 Å². The topological polar surface area (TPSA) is 44.5 Å². The van der Waals surface area contributed by atoms with Crippen LogP contribution in [0.1, 0.15) is 30.4 Å². The van der Waals surface area contributed by atoms with Crippen molar-refractivity contribution < 1.29 is 9.47 Å². The van der Waals surface area contributed by atoms with Crippen molar-refractivity contribution >= 4 is 0 Å². The predicted molar refractivity (Wildman–Crippen MR) is 57.0 cm³/mol. The van der Waals surface area contributed by atoms with Crippen LogP contribution < -0.4 is 15.2 Å². The molecule has 1 fully saturated rings. The molecule has 0 aromatic heterocycles. The zero-order valence-electron chi connectivity index (χ0n) is 8.88. The van der Waals surface area contributed by atoms with Gasteiger partial charge in [-0.3, -0.25) is 0 Å². The molecule has 0 amide bonds. The average Bonchev–Trinajstić information content (AvgIpc) is 2.60. The smallest absolute Gasteiger partial charge is 0.231 e. The summed E-state index contributed by atoms with van der Waals surface area (Å²) in [4.78, 5) is 0. The van der Waals surface area contributed by atoms with Crippen LogP contribution >= 0.6 is 0 Å². The average molecular weight is 205 g/mol. The Morgan fingerprint density at radius 3 is 2.47 bits per heavy atom. The minimum absolute atomic E-state index is 0.120. The van der Waals surface area contributed by atoms with Crippen molar-refractivity contribution in [2.24, 2.45) is 5.73 Å². The molecule has 0 radical (unpaired) electrons. The first-order chi connectivity index (χ1) is 7.19. The molecule has 0 bridgehead atoms. The Hall–Kier alpha value is -1.22. The molecule has 1 heterocycles. The third-order valence-electron chi connectivity index (χ3n) is 3.50. The monoisotopic (exact) mass is 205 g/mol. The third kappa shape index (κ3) is 1.23. The van der Waals surface area contributed by atoms with Crippen molar-refractivity contribution in [3.8, 4) is 11.5 Å². The summed E-state index contributed by atoms with van der Waals surface area (Å²) in [6.07, 6.45) is 3.38. The molecular formula is C12H15NO2. The maximum atomic E-state index is 6.32. The van der Waals surface area contributed by atoms with E-state index in [2.05, 4.69) is 13.0 Å². The van der Waals surface area contributed by atoms with Crippen LogP contribution in [-0.2, 0) is 5.54 Å². The molecule has 80 valence electrons. The highest BCUT2D eigenvalue weighted by Gasteiger charge is 2.36. The van der Waals surface area contributed by atoms with E-state index < -0.39 is 0 Å². The molecule has 0 saturated heterocycles. The van der Waals surface area contributed by atoms with Crippen LogP contribution in [-0.4, -0.2) is 6.79 Å². The van der Waals surface area contributed by atoms with Gasteiger partial charge in [-0.2, -0.15) is 0 Å². The van der Waals surface area contributed by atoms with Crippen LogP contribution in [0, 0.1) is 6.92 Å². The molecule has 1 aromatic carbocycles. The first-order valence-electron chi connectivity index (χ1n) is 5.39. The maximum absolute atomic E-state index is 6.32. The molecule has 1 aromatic rings. The lowest BCUT2D eigenvalue weighted by Crippen LogP contribution is -2.43. The summed E-state index contributed by atoms with van der Waals surface area (Å²) in [6, 6.07) is 4.08. The lowest BCUT2D eigenvalue weighted by Gasteiger charge is -2.39. The SMILES string of the molecule is Cc1cc2c(cc1C1(N)CCC1)OCO2. The fourth-order valence-corrected chi connectivity index (χ4v) is 2.41. The second-order valence-electron chi connectivity index (χ2n) is 4.53. The maximum Gasteiger partial charge on any atom is 0.231 e. The first-order valence-corrected chi connectivity index (χ1v) is 5.39. The first kappa shape index (κ1) is 9.04. The highest BCUT2D eigenvalue weighted by Crippen LogP contribution is 2.44. The Morgan fingerprint density at radius 2 is 1.87 bits per heavy atom. The molecular weight excluding hydrogens is 190 g/mol. The fraction of sp³-hybridized carbons (Fsp3) is 0.500. The quantitative estimate of drug-likeness (QED) is 0.763. The number of hydrogen-bond donors (Lipinski definition) is 1. The summed E-state index contributed by atoms with van der Waals surface area (Å²) >= 11 is 0. The van der Waals surface area contributed by atoms with Gasteiger partial charge in [-0.15, -0.1) is 0 Å². The summed E-state index contributed by atoms with van der Waals surface area (Å²) in [5, 5.41) is 0. The van der Waals surface area contributed by atoms with E-state index in [0.717, 1.165) is 24.3 Å². The lowest BCUT2D eigenvalue weighted by atomic mass is 9.71. The van der Waals surface area contributed by atoms with Crippen LogP contribution in [0.2, 0.25) is 0 Å². The number of aryl methyl sites for hydroxylation is 1. The van der Waals surface area contributed by atoms with Gasteiger partial charge in [-0.25, -0.2) is 0 Å². The number of nitrogens with two attached hydrogens (primary N) is 1. The normalized spacial score (nSPS) is 21.2. The van der Waals surface area contributed by atoms with Gasteiger partial charge in [-0.1, -0.05) is 0 Å². The summed E-state index contributed by atoms with van der Waals surface area (Å²) in [6.45, 7) is 2.42. The van der Waals surface area contributed by atoms with Gasteiger partial charge in [0.05, 0.1) is 0 Å². The van der Waals surface area contributed by atoms with Gasteiger partial charge in [-0.05, 0) is 49.4 Å². The van der Waals surface area contributed by atoms with E-state index in [-0.39, 0.29) is 5.54 Å². The number of benzene rings is 1. The van der Waals surface area contributed by atoms with Crippen LogP contribution in [0.15, 0.2) is 12.1 Å². The van der Waals surface area contributed by atoms with Crippen LogP contribution in [0.25, 0.3) is 0 Å².